The summed E-state index contributed by atoms with van der Waals surface area (Å²) in [7, 11) is 2.04. The normalized spacial score (nSPS) is 24.2. The van der Waals surface area contributed by atoms with E-state index < -0.39 is 0 Å². The lowest BCUT2D eigenvalue weighted by Gasteiger charge is -2.32. The molecule has 1 N–H and O–H groups in total. The monoisotopic (exact) mass is 377 g/mol. The van der Waals surface area contributed by atoms with Crippen LogP contribution in [0.5, 0.6) is 0 Å². The smallest absolute Gasteiger partial charge is 0.0739 e. The van der Waals surface area contributed by atoms with Crippen LogP contribution in [0, 0.1) is 6.92 Å². The van der Waals surface area contributed by atoms with E-state index in [0.29, 0.717) is 0 Å². The molecule has 0 amide bonds. The van der Waals surface area contributed by atoms with Crippen LogP contribution < -0.4 is 5.32 Å². The summed E-state index contributed by atoms with van der Waals surface area (Å²) < 4.78 is 3.18. The van der Waals surface area contributed by atoms with Crippen LogP contribution in [0.15, 0.2) is 4.47 Å². The topological polar surface area (TPSA) is 36.3 Å². The summed E-state index contributed by atoms with van der Waals surface area (Å²) >= 11 is 3.67. The molecule has 120 valence electrons. The lowest BCUT2D eigenvalue weighted by Crippen LogP contribution is -2.49. The number of likely N-dealkylation sites (tertiary alicyclic amines) is 1. The first-order chi connectivity index (χ1) is 9.65. The van der Waals surface area contributed by atoms with Gasteiger partial charge in [-0.3, -0.25) is 14.5 Å². The first-order valence-corrected chi connectivity index (χ1v) is 8.29. The zero-order valence-corrected chi connectivity index (χ0v) is 15.2. The third-order valence-corrected chi connectivity index (χ3v) is 5.58. The maximum atomic E-state index is 4.49. The SMILES string of the molecule is Cc1nn(C)c(CN2CCC(N3CCNCC3)C2)c1Br.Cl. The predicted octanol–water partition coefficient (Wildman–Crippen LogP) is 1.39. The molecule has 0 spiro atoms. The third kappa shape index (κ3) is 3.79. The lowest BCUT2D eigenvalue weighted by molar-refractivity contribution is 0.170. The molecule has 0 aromatic carbocycles. The molecule has 0 saturated carbocycles. The highest BCUT2D eigenvalue weighted by atomic mass is 79.9. The molecule has 2 saturated heterocycles. The largest absolute Gasteiger partial charge is 0.314 e. The first kappa shape index (κ1) is 17.2. The molecule has 3 heterocycles. The van der Waals surface area contributed by atoms with Crippen molar-refractivity contribution in [1.29, 1.82) is 0 Å². The Morgan fingerprint density at radius 2 is 2.00 bits per heavy atom. The molecule has 0 bridgehead atoms. The van der Waals surface area contributed by atoms with Crippen LogP contribution in [0.25, 0.3) is 0 Å². The van der Waals surface area contributed by atoms with E-state index in [-0.39, 0.29) is 12.4 Å². The highest BCUT2D eigenvalue weighted by Crippen LogP contribution is 2.24. The number of nitrogens with zero attached hydrogens (tertiary/aromatic N) is 4. The van der Waals surface area contributed by atoms with E-state index in [0.717, 1.165) is 31.4 Å². The zero-order chi connectivity index (χ0) is 14.1. The summed E-state index contributed by atoms with van der Waals surface area (Å²) in [6, 6.07) is 0.741. The average molecular weight is 379 g/mol. The van der Waals surface area contributed by atoms with Gasteiger partial charge in [0, 0.05) is 58.9 Å². The maximum Gasteiger partial charge on any atom is 0.0739 e. The van der Waals surface area contributed by atoms with E-state index in [1.807, 2.05) is 11.7 Å². The Kier molecular flexibility index (Phi) is 6.08. The predicted molar refractivity (Wildman–Crippen MR) is 91.0 cm³/mol. The molecule has 0 aliphatic carbocycles. The van der Waals surface area contributed by atoms with Gasteiger partial charge in [-0.2, -0.15) is 5.10 Å². The minimum atomic E-state index is 0. The second kappa shape index (κ2) is 7.42. The van der Waals surface area contributed by atoms with Gasteiger partial charge in [0.2, 0.25) is 0 Å². The molecule has 7 heteroatoms. The highest BCUT2D eigenvalue weighted by molar-refractivity contribution is 9.10. The van der Waals surface area contributed by atoms with Gasteiger partial charge >= 0.3 is 0 Å². The molecule has 0 radical (unpaired) electrons. The Bertz CT molecular complexity index is 472. The molecule has 1 unspecified atom stereocenters. The summed E-state index contributed by atoms with van der Waals surface area (Å²) in [6.45, 7) is 10.1. The van der Waals surface area contributed by atoms with Crippen molar-refractivity contribution in [2.75, 3.05) is 39.3 Å². The van der Waals surface area contributed by atoms with Gasteiger partial charge in [0.1, 0.15) is 0 Å². The second-order valence-corrected chi connectivity index (χ2v) is 6.73. The fraction of sp³-hybridized carbons (Fsp3) is 0.786. The number of aryl methyl sites for hydroxylation is 2. The van der Waals surface area contributed by atoms with Crippen molar-refractivity contribution in [2.24, 2.45) is 7.05 Å². The van der Waals surface area contributed by atoms with Crippen LogP contribution in [-0.4, -0.2) is 64.9 Å². The highest BCUT2D eigenvalue weighted by Gasteiger charge is 2.29. The van der Waals surface area contributed by atoms with E-state index >= 15 is 0 Å². The van der Waals surface area contributed by atoms with Gasteiger partial charge in [-0.1, -0.05) is 0 Å². The first-order valence-electron chi connectivity index (χ1n) is 7.50. The van der Waals surface area contributed by atoms with Crippen molar-refractivity contribution in [1.82, 2.24) is 24.9 Å². The van der Waals surface area contributed by atoms with E-state index in [1.54, 1.807) is 0 Å². The average Bonchev–Trinajstić information content (AvgIpc) is 3.01. The molecule has 1 aromatic heterocycles. The zero-order valence-electron chi connectivity index (χ0n) is 12.8. The van der Waals surface area contributed by atoms with E-state index in [4.69, 9.17) is 0 Å². The summed E-state index contributed by atoms with van der Waals surface area (Å²) in [5, 5.41) is 7.92. The van der Waals surface area contributed by atoms with Gasteiger partial charge in [0.05, 0.1) is 15.9 Å². The van der Waals surface area contributed by atoms with Gasteiger partial charge in [0.25, 0.3) is 0 Å². The molecule has 2 aliphatic heterocycles. The van der Waals surface area contributed by atoms with Crippen LogP contribution in [0.1, 0.15) is 17.8 Å². The molecule has 21 heavy (non-hydrogen) atoms. The van der Waals surface area contributed by atoms with Crippen LogP contribution in [0.2, 0.25) is 0 Å². The summed E-state index contributed by atoms with van der Waals surface area (Å²) in [5.74, 6) is 0. The van der Waals surface area contributed by atoms with Gasteiger partial charge in [-0.05, 0) is 29.3 Å². The van der Waals surface area contributed by atoms with Crippen molar-refractivity contribution in [3.05, 3.63) is 15.9 Å². The Labute approximate surface area is 141 Å². The Morgan fingerprint density at radius 3 is 2.62 bits per heavy atom. The summed E-state index contributed by atoms with van der Waals surface area (Å²) in [5.41, 5.74) is 2.38. The molecule has 2 aliphatic rings. The summed E-state index contributed by atoms with van der Waals surface area (Å²) in [4.78, 5) is 5.22. The number of rotatable bonds is 3. The number of nitrogens with one attached hydrogen (secondary N) is 1. The number of hydrogen-bond acceptors (Lipinski definition) is 4. The van der Waals surface area contributed by atoms with Gasteiger partial charge in [-0.25, -0.2) is 0 Å². The minimum Gasteiger partial charge on any atom is -0.314 e. The Morgan fingerprint density at radius 1 is 1.29 bits per heavy atom. The maximum absolute atomic E-state index is 4.49. The van der Waals surface area contributed by atoms with Crippen LogP contribution in [0.4, 0.5) is 0 Å². The van der Waals surface area contributed by atoms with E-state index in [1.165, 1.54) is 42.8 Å². The van der Waals surface area contributed by atoms with Crippen LogP contribution in [-0.2, 0) is 13.6 Å². The molecule has 5 nitrogen and oxygen atoms in total. The molecular weight excluding hydrogens is 354 g/mol. The molecule has 3 rings (SSSR count). The number of hydrogen-bond donors (Lipinski definition) is 1. The molecular formula is C14H25BrClN5. The quantitative estimate of drug-likeness (QED) is 0.862. The Hall–Kier alpha value is -0.140. The van der Waals surface area contributed by atoms with Crippen molar-refractivity contribution in [2.45, 2.75) is 25.9 Å². The number of halogens is 2. The fourth-order valence-electron chi connectivity index (χ4n) is 3.36. The third-order valence-electron chi connectivity index (χ3n) is 4.55. The molecule has 2 fully saturated rings. The molecule has 1 aromatic rings. The number of piperazine rings is 1. The van der Waals surface area contributed by atoms with Crippen molar-refractivity contribution < 1.29 is 0 Å². The summed E-state index contributed by atoms with van der Waals surface area (Å²) in [6.07, 6.45) is 1.30. The van der Waals surface area contributed by atoms with Crippen molar-refractivity contribution >= 4 is 28.3 Å². The van der Waals surface area contributed by atoms with Crippen LogP contribution in [0.3, 0.4) is 0 Å². The van der Waals surface area contributed by atoms with Crippen molar-refractivity contribution in [3.63, 3.8) is 0 Å². The van der Waals surface area contributed by atoms with E-state index in [2.05, 4.69) is 43.1 Å². The molecule has 1 atom stereocenters. The Balaban J connectivity index is 0.00000161. The van der Waals surface area contributed by atoms with E-state index in [9.17, 15) is 0 Å². The standard InChI is InChI=1S/C14H24BrN5.ClH/c1-11-14(15)13(18(2)17-11)10-19-6-3-12(9-19)20-7-4-16-5-8-20;/h12,16H,3-10H2,1-2H3;1H. The van der Waals surface area contributed by atoms with Gasteiger partial charge in [0.15, 0.2) is 0 Å². The van der Waals surface area contributed by atoms with Crippen LogP contribution >= 0.6 is 28.3 Å². The second-order valence-electron chi connectivity index (χ2n) is 5.93. The van der Waals surface area contributed by atoms with Gasteiger partial charge in [-0.15, -0.1) is 12.4 Å². The number of aromatic nitrogens is 2. The fourth-order valence-corrected chi connectivity index (χ4v) is 3.83. The van der Waals surface area contributed by atoms with Crippen molar-refractivity contribution in [3.8, 4) is 0 Å². The minimum absolute atomic E-state index is 0. The lowest BCUT2D eigenvalue weighted by atomic mass is 10.2. The van der Waals surface area contributed by atoms with Gasteiger partial charge < -0.3 is 5.32 Å².